The second kappa shape index (κ2) is 8.18. The average Bonchev–Trinajstić information content (AvgIpc) is 2.50. The van der Waals surface area contributed by atoms with Gasteiger partial charge in [-0.3, -0.25) is 9.69 Å². The molecule has 3 nitrogen and oxygen atoms in total. The third-order valence-electron chi connectivity index (χ3n) is 4.07. The van der Waals surface area contributed by atoms with Crippen molar-refractivity contribution in [1.29, 1.82) is 0 Å². The van der Waals surface area contributed by atoms with Crippen molar-refractivity contribution in [2.75, 3.05) is 19.7 Å². The van der Waals surface area contributed by atoms with Crippen LogP contribution in [0.2, 0.25) is 0 Å². The van der Waals surface area contributed by atoms with Gasteiger partial charge in [-0.05, 0) is 57.5 Å². The molecule has 0 aromatic heterocycles. The lowest BCUT2D eigenvalue weighted by Crippen LogP contribution is -2.29. The zero-order valence-electron chi connectivity index (χ0n) is 13.4. The van der Waals surface area contributed by atoms with Crippen LogP contribution in [0.3, 0.4) is 0 Å². The number of nitrogens with zero attached hydrogens (tertiary/aromatic N) is 1. The first-order valence-electron chi connectivity index (χ1n) is 8.19. The van der Waals surface area contributed by atoms with Crippen molar-refractivity contribution in [3.63, 3.8) is 0 Å². The van der Waals surface area contributed by atoms with Crippen molar-refractivity contribution in [2.45, 2.75) is 52.5 Å². The Morgan fingerprint density at radius 1 is 1.24 bits per heavy atom. The van der Waals surface area contributed by atoms with E-state index in [0.29, 0.717) is 0 Å². The predicted octanol–water partition coefficient (Wildman–Crippen LogP) is 4.05. The number of hydrogen-bond donors (Lipinski definition) is 0. The Bertz CT molecular complexity index is 464. The fourth-order valence-electron chi connectivity index (χ4n) is 2.75. The lowest BCUT2D eigenvalue weighted by Gasteiger charge is -2.27. The van der Waals surface area contributed by atoms with E-state index in [0.717, 1.165) is 56.0 Å². The summed E-state index contributed by atoms with van der Waals surface area (Å²) in [6.07, 6.45) is 6.09. The van der Waals surface area contributed by atoms with Gasteiger partial charge >= 0.3 is 0 Å². The minimum Gasteiger partial charge on any atom is -0.493 e. The summed E-state index contributed by atoms with van der Waals surface area (Å²) in [4.78, 5) is 14.1. The molecule has 0 spiro atoms. The number of rotatable bonds is 7. The molecule has 0 saturated carbocycles. The van der Waals surface area contributed by atoms with Crippen molar-refractivity contribution in [1.82, 2.24) is 4.90 Å². The molecule has 0 unspecified atom stereocenters. The molecule has 0 aliphatic carbocycles. The lowest BCUT2D eigenvalue weighted by molar-refractivity contribution is 0.101. The number of carbonyl (C=O) groups is 1. The molecule has 0 N–H and O–H groups in total. The van der Waals surface area contributed by atoms with Crippen LogP contribution in [0.5, 0.6) is 5.75 Å². The van der Waals surface area contributed by atoms with Gasteiger partial charge in [0, 0.05) is 17.7 Å². The molecule has 1 aromatic rings. The van der Waals surface area contributed by atoms with Crippen molar-refractivity contribution in [3.05, 3.63) is 29.3 Å². The Kier molecular flexibility index (Phi) is 6.24. The molecule has 1 aliphatic heterocycles. The maximum absolute atomic E-state index is 11.6. The van der Waals surface area contributed by atoms with Crippen LogP contribution in [-0.4, -0.2) is 30.4 Å². The minimum absolute atomic E-state index is 0.120. The summed E-state index contributed by atoms with van der Waals surface area (Å²) < 4.78 is 5.92. The van der Waals surface area contributed by atoms with Crippen LogP contribution in [0.4, 0.5) is 0 Å². The molecule has 116 valence electrons. The van der Waals surface area contributed by atoms with E-state index in [-0.39, 0.29) is 5.78 Å². The highest BCUT2D eigenvalue weighted by molar-refractivity contribution is 5.94. The molecular formula is C18H27NO2. The molecule has 2 rings (SSSR count). The molecule has 1 saturated heterocycles. The summed E-state index contributed by atoms with van der Waals surface area (Å²) in [5.41, 5.74) is 1.94. The zero-order valence-corrected chi connectivity index (χ0v) is 13.4. The SMILES string of the molecule is CCCCOc1ccc(C(C)=O)cc1CN1CCCCC1. The monoisotopic (exact) mass is 289 g/mol. The fraction of sp³-hybridized carbons (Fsp3) is 0.611. The van der Waals surface area contributed by atoms with Gasteiger partial charge in [0.25, 0.3) is 0 Å². The van der Waals surface area contributed by atoms with Gasteiger partial charge in [-0.15, -0.1) is 0 Å². The van der Waals surface area contributed by atoms with E-state index in [1.807, 2.05) is 18.2 Å². The van der Waals surface area contributed by atoms with Crippen molar-refractivity contribution < 1.29 is 9.53 Å². The Balaban J connectivity index is 2.12. The van der Waals surface area contributed by atoms with E-state index >= 15 is 0 Å². The van der Waals surface area contributed by atoms with E-state index in [9.17, 15) is 4.79 Å². The topological polar surface area (TPSA) is 29.5 Å². The molecule has 3 heteroatoms. The molecule has 0 radical (unpaired) electrons. The van der Waals surface area contributed by atoms with Gasteiger partial charge in [0.15, 0.2) is 5.78 Å². The number of ether oxygens (including phenoxy) is 1. The number of benzene rings is 1. The summed E-state index contributed by atoms with van der Waals surface area (Å²) >= 11 is 0. The summed E-state index contributed by atoms with van der Waals surface area (Å²) in [7, 11) is 0. The van der Waals surface area contributed by atoms with E-state index in [1.54, 1.807) is 6.92 Å². The first-order chi connectivity index (χ1) is 10.2. The van der Waals surface area contributed by atoms with Crippen LogP contribution in [0.1, 0.15) is 61.9 Å². The molecule has 1 aromatic carbocycles. The van der Waals surface area contributed by atoms with Gasteiger partial charge in [-0.2, -0.15) is 0 Å². The molecule has 0 atom stereocenters. The minimum atomic E-state index is 0.120. The number of ketones is 1. The highest BCUT2D eigenvalue weighted by Crippen LogP contribution is 2.24. The number of hydrogen-bond acceptors (Lipinski definition) is 3. The second-order valence-electron chi connectivity index (χ2n) is 5.92. The van der Waals surface area contributed by atoms with Crippen molar-refractivity contribution >= 4 is 5.78 Å². The maximum atomic E-state index is 11.6. The first kappa shape index (κ1) is 16.0. The smallest absolute Gasteiger partial charge is 0.159 e. The van der Waals surface area contributed by atoms with Gasteiger partial charge in [-0.25, -0.2) is 0 Å². The maximum Gasteiger partial charge on any atom is 0.159 e. The molecule has 0 bridgehead atoms. The van der Waals surface area contributed by atoms with Crippen molar-refractivity contribution in [2.24, 2.45) is 0 Å². The summed E-state index contributed by atoms with van der Waals surface area (Å²) in [5.74, 6) is 1.06. The van der Waals surface area contributed by atoms with E-state index in [1.165, 1.54) is 19.3 Å². The Morgan fingerprint density at radius 3 is 2.67 bits per heavy atom. The van der Waals surface area contributed by atoms with Crippen molar-refractivity contribution in [3.8, 4) is 5.75 Å². The normalized spacial score (nSPS) is 15.9. The Hall–Kier alpha value is -1.35. The molecule has 1 fully saturated rings. The van der Waals surface area contributed by atoms with E-state index < -0.39 is 0 Å². The Morgan fingerprint density at radius 2 is 2.00 bits per heavy atom. The first-order valence-corrected chi connectivity index (χ1v) is 8.19. The highest BCUT2D eigenvalue weighted by atomic mass is 16.5. The number of likely N-dealkylation sites (tertiary alicyclic amines) is 1. The third kappa shape index (κ3) is 4.85. The lowest BCUT2D eigenvalue weighted by atomic mass is 10.0. The molecule has 1 aliphatic rings. The van der Waals surface area contributed by atoms with Crippen LogP contribution in [0, 0.1) is 0 Å². The number of unbranched alkanes of at least 4 members (excludes halogenated alkanes) is 1. The van der Waals surface area contributed by atoms with Crippen LogP contribution < -0.4 is 4.74 Å². The summed E-state index contributed by atoms with van der Waals surface area (Å²) in [6.45, 7) is 7.73. The molecule has 21 heavy (non-hydrogen) atoms. The largest absolute Gasteiger partial charge is 0.493 e. The van der Waals surface area contributed by atoms with Gasteiger partial charge in [0.05, 0.1) is 6.61 Å². The number of Topliss-reactive ketones (excluding diaryl/α,β-unsaturated/α-hetero) is 1. The molecular weight excluding hydrogens is 262 g/mol. The standard InChI is InChI=1S/C18H27NO2/c1-3-4-12-21-18-9-8-16(15(2)20)13-17(18)14-19-10-6-5-7-11-19/h8-9,13H,3-7,10-12,14H2,1-2H3. The van der Waals surface area contributed by atoms with Gasteiger partial charge in [0.2, 0.25) is 0 Å². The van der Waals surface area contributed by atoms with Crippen LogP contribution >= 0.6 is 0 Å². The van der Waals surface area contributed by atoms with Crippen LogP contribution in [0.15, 0.2) is 18.2 Å². The summed E-state index contributed by atoms with van der Waals surface area (Å²) in [6, 6.07) is 5.85. The van der Waals surface area contributed by atoms with Gasteiger partial charge in [-0.1, -0.05) is 19.8 Å². The number of carbonyl (C=O) groups excluding carboxylic acids is 1. The zero-order chi connectivity index (χ0) is 15.1. The molecule has 1 heterocycles. The summed E-state index contributed by atoms with van der Waals surface area (Å²) in [5, 5.41) is 0. The predicted molar refractivity (Wildman–Crippen MR) is 86.0 cm³/mol. The van der Waals surface area contributed by atoms with Gasteiger partial charge < -0.3 is 4.74 Å². The second-order valence-corrected chi connectivity index (χ2v) is 5.92. The quantitative estimate of drug-likeness (QED) is 0.560. The third-order valence-corrected chi connectivity index (χ3v) is 4.07. The van der Waals surface area contributed by atoms with E-state index in [4.69, 9.17) is 4.74 Å². The van der Waals surface area contributed by atoms with Crippen LogP contribution in [0.25, 0.3) is 0 Å². The average molecular weight is 289 g/mol. The van der Waals surface area contributed by atoms with Gasteiger partial charge in [0.1, 0.15) is 5.75 Å². The molecule has 0 amide bonds. The van der Waals surface area contributed by atoms with E-state index in [2.05, 4.69) is 11.8 Å². The fourth-order valence-corrected chi connectivity index (χ4v) is 2.75. The number of piperidine rings is 1. The Labute approximate surface area is 128 Å². The van der Waals surface area contributed by atoms with Crippen LogP contribution in [-0.2, 0) is 6.54 Å². The highest BCUT2D eigenvalue weighted by Gasteiger charge is 2.14.